The number of fused-ring (bicyclic) bond motifs is 9. The van der Waals surface area contributed by atoms with Crippen molar-refractivity contribution >= 4 is 65.4 Å². The SMILES string of the molecule is c1ccc(-c2cc(-c3cc(-n4c5ccccc5c5ccccc54)cc(-n4c5ccccc5c5ccccc54)c3)cc(-c3ccc(-n4c5ccccc5c5ccccc54)cc3)n2)cc1. The highest BCUT2D eigenvalue weighted by Gasteiger charge is 2.19. The maximum atomic E-state index is 5.38. The third-order valence-electron chi connectivity index (χ3n) is 12.8. The highest BCUT2D eigenvalue weighted by Crippen LogP contribution is 2.40. The van der Waals surface area contributed by atoms with Gasteiger partial charge in [0.05, 0.1) is 44.5 Å². The van der Waals surface area contributed by atoms with Crippen molar-refractivity contribution in [1.82, 2.24) is 18.7 Å². The monoisotopic (exact) mass is 802 g/mol. The molecule has 294 valence electrons. The quantitative estimate of drug-likeness (QED) is 0.165. The predicted octanol–water partition coefficient (Wildman–Crippen LogP) is 15.4. The number of aromatic nitrogens is 4. The van der Waals surface area contributed by atoms with Gasteiger partial charge in [0.15, 0.2) is 0 Å². The number of benzene rings is 9. The molecular formula is C59H38N4. The second-order valence-corrected chi connectivity index (χ2v) is 16.4. The summed E-state index contributed by atoms with van der Waals surface area (Å²) in [5.41, 5.74) is 16.6. The number of pyridine rings is 1. The number of nitrogens with zero attached hydrogens (tertiary/aromatic N) is 4. The topological polar surface area (TPSA) is 27.7 Å². The van der Waals surface area contributed by atoms with Crippen LogP contribution in [0.3, 0.4) is 0 Å². The Hall–Kier alpha value is -8.47. The van der Waals surface area contributed by atoms with E-state index in [1.54, 1.807) is 0 Å². The van der Waals surface area contributed by atoms with Gasteiger partial charge in [-0.2, -0.15) is 0 Å². The highest BCUT2D eigenvalue weighted by atomic mass is 15.0. The van der Waals surface area contributed by atoms with Crippen LogP contribution in [0.15, 0.2) is 231 Å². The van der Waals surface area contributed by atoms with Crippen LogP contribution >= 0.6 is 0 Å². The lowest BCUT2D eigenvalue weighted by atomic mass is 9.98. The summed E-state index contributed by atoms with van der Waals surface area (Å²) in [7, 11) is 0. The van der Waals surface area contributed by atoms with E-state index in [-0.39, 0.29) is 0 Å². The van der Waals surface area contributed by atoms with E-state index in [2.05, 4.69) is 244 Å². The van der Waals surface area contributed by atoms with Crippen LogP contribution in [0.25, 0.3) is 116 Å². The van der Waals surface area contributed by atoms with E-state index in [9.17, 15) is 0 Å². The van der Waals surface area contributed by atoms with E-state index >= 15 is 0 Å². The molecular weight excluding hydrogens is 765 g/mol. The zero-order valence-corrected chi connectivity index (χ0v) is 34.2. The molecule has 0 saturated carbocycles. The molecule has 0 amide bonds. The smallest absolute Gasteiger partial charge is 0.0715 e. The number of rotatable bonds is 6. The first kappa shape index (κ1) is 35.3. The Labute approximate surface area is 363 Å². The van der Waals surface area contributed by atoms with Crippen LogP contribution in [0.4, 0.5) is 0 Å². The van der Waals surface area contributed by atoms with Crippen LogP contribution < -0.4 is 0 Å². The van der Waals surface area contributed by atoms with Gasteiger partial charge in [-0.1, -0.05) is 152 Å². The Morgan fingerprint density at radius 3 is 0.905 bits per heavy atom. The zero-order valence-electron chi connectivity index (χ0n) is 34.2. The van der Waals surface area contributed by atoms with Gasteiger partial charge in [0, 0.05) is 60.5 Å². The van der Waals surface area contributed by atoms with Gasteiger partial charge >= 0.3 is 0 Å². The molecule has 9 aromatic carbocycles. The van der Waals surface area contributed by atoms with Crippen molar-refractivity contribution in [3.8, 4) is 50.7 Å². The number of para-hydroxylation sites is 6. The Morgan fingerprint density at radius 1 is 0.222 bits per heavy atom. The normalized spacial score (nSPS) is 11.8. The molecule has 0 radical (unpaired) electrons. The fraction of sp³-hybridized carbons (Fsp3) is 0. The summed E-state index contributed by atoms with van der Waals surface area (Å²) in [4.78, 5) is 5.38. The molecule has 4 heterocycles. The first-order valence-corrected chi connectivity index (χ1v) is 21.5. The van der Waals surface area contributed by atoms with E-state index in [1.165, 1.54) is 65.4 Å². The Morgan fingerprint density at radius 2 is 0.524 bits per heavy atom. The van der Waals surface area contributed by atoms with Crippen LogP contribution in [0.5, 0.6) is 0 Å². The summed E-state index contributed by atoms with van der Waals surface area (Å²) in [5.74, 6) is 0. The molecule has 0 N–H and O–H groups in total. The fourth-order valence-corrected chi connectivity index (χ4v) is 10.0. The molecule has 0 atom stereocenters. The van der Waals surface area contributed by atoms with Crippen molar-refractivity contribution in [3.63, 3.8) is 0 Å². The minimum atomic E-state index is 0.917. The second kappa shape index (κ2) is 14.1. The summed E-state index contributed by atoms with van der Waals surface area (Å²) in [6.45, 7) is 0. The molecule has 63 heavy (non-hydrogen) atoms. The van der Waals surface area contributed by atoms with Crippen molar-refractivity contribution in [2.24, 2.45) is 0 Å². The molecule has 0 fully saturated rings. The van der Waals surface area contributed by atoms with Crippen LogP contribution in [0, 0.1) is 0 Å². The molecule has 4 heteroatoms. The fourth-order valence-electron chi connectivity index (χ4n) is 10.0. The molecule has 0 aliphatic carbocycles. The van der Waals surface area contributed by atoms with E-state index in [0.717, 1.165) is 50.7 Å². The molecule has 0 spiro atoms. The predicted molar refractivity (Wildman–Crippen MR) is 264 cm³/mol. The summed E-state index contributed by atoms with van der Waals surface area (Å²) in [5, 5.41) is 7.44. The second-order valence-electron chi connectivity index (χ2n) is 16.4. The molecule has 0 aliphatic rings. The molecule has 0 aliphatic heterocycles. The van der Waals surface area contributed by atoms with Crippen LogP contribution in [-0.4, -0.2) is 18.7 Å². The van der Waals surface area contributed by atoms with Crippen molar-refractivity contribution < 1.29 is 0 Å². The minimum Gasteiger partial charge on any atom is -0.309 e. The molecule has 13 rings (SSSR count). The maximum Gasteiger partial charge on any atom is 0.0715 e. The van der Waals surface area contributed by atoms with Crippen molar-refractivity contribution in [2.45, 2.75) is 0 Å². The average molecular weight is 803 g/mol. The average Bonchev–Trinajstić information content (AvgIpc) is 4.00. The Balaban J connectivity index is 1.05. The van der Waals surface area contributed by atoms with Crippen molar-refractivity contribution in [3.05, 3.63) is 231 Å². The third kappa shape index (κ3) is 5.59. The lowest BCUT2D eigenvalue weighted by Gasteiger charge is -2.17. The summed E-state index contributed by atoms with van der Waals surface area (Å²) in [6, 6.07) is 83.4. The van der Waals surface area contributed by atoms with Crippen LogP contribution in [0.2, 0.25) is 0 Å². The Bertz CT molecular complexity index is 3610. The maximum absolute atomic E-state index is 5.38. The summed E-state index contributed by atoms with van der Waals surface area (Å²) >= 11 is 0. The molecule has 0 saturated heterocycles. The van der Waals surface area contributed by atoms with Crippen LogP contribution in [-0.2, 0) is 0 Å². The van der Waals surface area contributed by atoms with Gasteiger partial charge in [-0.3, -0.25) is 0 Å². The minimum absolute atomic E-state index is 0.917. The molecule has 0 bridgehead atoms. The lowest BCUT2D eigenvalue weighted by Crippen LogP contribution is -2.00. The molecule has 4 nitrogen and oxygen atoms in total. The van der Waals surface area contributed by atoms with Gasteiger partial charge < -0.3 is 13.7 Å². The first-order chi connectivity index (χ1) is 31.2. The van der Waals surface area contributed by atoms with Gasteiger partial charge in [0.1, 0.15) is 0 Å². The molecule has 0 unspecified atom stereocenters. The van der Waals surface area contributed by atoms with Gasteiger partial charge in [-0.15, -0.1) is 0 Å². The van der Waals surface area contributed by atoms with E-state index < -0.39 is 0 Å². The van der Waals surface area contributed by atoms with Gasteiger partial charge in [0.2, 0.25) is 0 Å². The van der Waals surface area contributed by atoms with Gasteiger partial charge in [0.25, 0.3) is 0 Å². The lowest BCUT2D eigenvalue weighted by molar-refractivity contribution is 1.13. The van der Waals surface area contributed by atoms with Crippen LogP contribution in [0.1, 0.15) is 0 Å². The summed E-state index contributed by atoms with van der Waals surface area (Å²) < 4.78 is 7.22. The first-order valence-electron chi connectivity index (χ1n) is 21.5. The van der Waals surface area contributed by atoms with E-state index in [4.69, 9.17) is 4.98 Å². The van der Waals surface area contributed by atoms with Gasteiger partial charge in [-0.05, 0) is 90.0 Å². The largest absolute Gasteiger partial charge is 0.309 e. The molecule has 13 aromatic rings. The van der Waals surface area contributed by atoms with Crippen molar-refractivity contribution in [1.29, 1.82) is 0 Å². The van der Waals surface area contributed by atoms with Crippen molar-refractivity contribution in [2.75, 3.05) is 0 Å². The molecule has 4 aromatic heterocycles. The third-order valence-corrected chi connectivity index (χ3v) is 12.8. The van der Waals surface area contributed by atoms with E-state index in [0.29, 0.717) is 0 Å². The van der Waals surface area contributed by atoms with Gasteiger partial charge in [-0.25, -0.2) is 4.98 Å². The zero-order chi connectivity index (χ0) is 41.4. The highest BCUT2D eigenvalue weighted by molar-refractivity contribution is 6.11. The standard InChI is InChI=1S/C59H38N4/c1-2-16-39(17-3-1)52-36-42(37-53(60-52)40-30-32-43(33-31-40)61-54-24-10-4-18-46(54)47-19-5-11-25-55(47)61)41-34-44(62-56-26-12-6-20-48(56)49-21-7-13-27-57(49)62)38-45(35-41)63-58-28-14-8-22-50(58)51-23-9-15-29-59(51)63/h1-38H. The summed E-state index contributed by atoms with van der Waals surface area (Å²) in [6.07, 6.45) is 0. The van der Waals surface area contributed by atoms with E-state index in [1.807, 2.05) is 0 Å². The number of hydrogen-bond donors (Lipinski definition) is 0. The number of hydrogen-bond acceptors (Lipinski definition) is 1. The Kier molecular flexibility index (Phi) is 7.87.